The fourth-order valence-electron chi connectivity index (χ4n) is 2.78. The Balaban J connectivity index is 2.25. The zero-order valence-corrected chi connectivity index (χ0v) is 21.5. The molecule has 0 saturated carbocycles. The number of hydrogen-bond donors (Lipinski definition) is 3. The molecule has 10 heteroatoms. The highest BCUT2D eigenvalue weighted by Gasteiger charge is 2.30. The first kappa shape index (κ1) is 22.8. The lowest BCUT2D eigenvalue weighted by molar-refractivity contribution is 0.0985. The van der Waals surface area contributed by atoms with Crippen molar-refractivity contribution in [1.82, 2.24) is 0 Å². The van der Waals surface area contributed by atoms with Crippen LogP contribution in [0, 0.1) is 0 Å². The maximum absolute atomic E-state index is 13.8. The highest BCUT2D eigenvalue weighted by molar-refractivity contribution is 9.14. The molecule has 0 aliphatic rings. The molecule has 6 N–H and O–H groups in total. The van der Waals surface area contributed by atoms with Crippen molar-refractivity contribution in [3.63, 3.8) is 0 Å². The second-order valence-corrected chi connectivity index (χ2v) is 9.37. The first-order valence-corrected chi connectivity index (χ1v) is 11.5. The van der Waals surface area contributed by atoms with Crippen LogP contribution in [0.4, 0.5) is 22.7 Å². The van der Waals surface area contributed by atoms with Crippen LogP contribution in [0.3, 0.4) is 0 Å². The summed E-state index contributed by atoms with van der Waals surface area (Å²) in [6.45, 7) is 0. The molecule has 0 fully saturated rings. The summed E-state index contributed by atoms with van der Waals surface area (Å²) in [6, 6.07) is 13.8. The molecule has 0 heterocycles. The quantitative estimate of drug-likeness (QED) is 0.236. The van der Waals surface area contributed by atoms with E-state index in [-0.39, 0.29) is 17.0 Å². The molecule has 0 aliphatic carbocycles. The largest absolute Gasteiger partial charge is 0.399 e. The summed E-state index contributed by atoms with van der Waals surface area (Å²) < 4.78 is 1.49. The zero-order chi connectivity index (χ0) is 22.2. The van der Waals surface area contributed by atoms with Gasteiger partial charge in [0.15, 0.2) is 0 Å². The van der Waals surface area contributed by atoms with E-state index in [9.17, 15) is 9.59 Å². The molecule has 3 rings (SSSR count). The van der Waals surface area contributed by atoms with E-state index < -0.39 is 5.91 Å². The minimum absolute atomic E-state index is 0.205. The van der Waals surface area contributed by atoms with E-state index in [1.807, 2.05) is 0 Å². The number of anilines is 4. The van der Waals surface area contributed by atoms with Gasteiger partial charge in [-0.15, -0.1) is 0 Å². The molecule has 0 unspecified atom stereocenters. The van der Waals surface area contributed by atoms with Gasteiger partial charge in [0.05, 0.1) is 11.1 Å². The number of primary amides is 1. The van der Waals surface area contributed by atoms with Gasteiger partial charge in [-0.1, -0.05) is 0 Å². The molecule has 6 nitrogen and oxygen atoms in total. The monoisotopic (exact) mass is 658 g/mol. The maximum Gasteiger partial charge on any atom is 0.265 e. The van der Waals surface area contributed by atoms with Gasteiger partial charge in [-0.25, -0.2) is 0 Å². The minimum Gasteiger partial charge on any atom is -0.399 e. The number of carbonyl (C=O) groups is 2. The molecule has 0 aliphatic heterocycles. The van der Waals surface area contributed by atoms with E-state index in [1.54, 1.807) is 48.5 Å². The third kappa shape index (κ3) is 4.27. The van der Waals surface area contributed by atoms with Crippen LogP contribution in [0.5, 0.6) is 0 Å². The molecular weight excluding hydrogens is 648 g/mol. The molecule has 154 valence electrons. The summed E-state index contributed by atoms with van der Waals surface area (Å²) in [4.78, 5) is 27.2. The van der Waals surface area contributed by atoms with Gasteiger partial charge < -0.3 is 17.2 Å². The highest BCUT2D eigenvalue weighted by Crippen LogP contribution is 2.43. The van der Waals surface area contributed by atoms with Crippen LogP contribution in [-0.2, 0) is 0 Å². The van der Waals surface area contributed by atoms with Crippen molar-refractivity contribution in [1.29, 1.82) is 0 Å². The van der Waals surface area contributed by atoms with Crippen molar-refractivity contribution >= 4 is 98.3 Å². The SMILES string of the molecule is NC(=O)c1c(Br)c(Br)c(C(=O)N(c2ccc(N)cc2)c2ccc(N)cc2)c(Br)c1Br. The van der Waals surface area contributed by atoms with Crippen molar-refractivity contribution in [3.05, 3.63) is 77.5 Å². The van der Waals surface area contributed by atoms with Gasteiger partial charge in [-0.3, -0.25) is 14.5 Å². The molecule has 0 atom stereocenters. The average Bonchev–Trinajstić information content (AvgIpc) is 2.69. The third-order valence-corrected chi connectivity index (χ3v) is 8.47. The molecule has 0 radical (unpaired) electrons. The molecule has 0 spiro atoms. The Hall–Kier alpha value is -1.88. The van der Waals surface area contributed by atoms with Crippen LogP contribution in [0.25, 0.3) is 0 Å². The second-order valence-electron chi connectivity index (χ2n) is 6.19. The van der Waals surface area contributed by atoms with E-state index >= 15 is 0 Å². The van der Waals surface area contributed by atoms with Gasteiger partial charge in [0, 0.05) is 40.6 Å². The maximum atomic E-state index is 13.8. The number of hydrogen-bond acceptors (Lipinski definition) is 4. The summed E-state index contributed by atoms with van der Waals surface area (Å²) in [6.07, 6.45) is 0. The molecular formula is C20H14Br4N4O2. The number of halogens is 4. The molecule has 2 amide bonds. The Morgan fingerprint density at radius 2 is 0.967 bits per heavy atom. The smallest absolute Gasteiger partial charge is 0.265 e. The van der Waals surface area contributed by atoms with Crippen molar-refractivity contribution < 1.29 is 9.59 Å². The van der Waals surface area contributed by atoms with Gasteiger partial charge in [0.1, 0.15) is 0 Å². The number of carbonyl (C=O) groups excluding carboxylic acids is 2. The summed E-state index contributed by atoms with van der Waals surface area (Å²) >= 11 is 13.6. The van der Waals surface area contributed by atoms with Gasteiger partial charge in [0.2, 0.25) is 0 Å². The number of amides is 2. The third-order valence-electron chi connectivity index (χ3n) is 4.23. The Labute approximate surface area is 206 Å². The van der Waals surface area contributed by atoms with Crippen LogP contribution in [0.1, 0.15) is 20.7 Å². The number of nitrogens with two attached hydrogens (primary N) is 3. The van der Waals surface area contributed by atoms with Crippen molar-refractivity contribution in [2.75, 3.05) is 16.4 Å². The van der Waals surface area contributed by atoms with E-state index in [0.717, 1.165) is 0 Å². The first-order valence-electron chi connectivity index (χ1n) is 8.34. The molecule has 0 bridgehead atoms. The normalized spacial score (nSPS) is 10.7. The van der Waals surface area contributed by atoms with E-state index in [4.69, 9.17) is 17.2 Å². The Kier molecular flexibility index (Phi) is 6.91. The highest BCUT2D eigenvalue weighted by atomic mass is 79.9. The fraction of sp³-hybridized carbons (Fsp3) is 0. The molecule has 3 aromatic rings. The number of rotatable bonds is 4. The average molecular weight is 662 g/mol. The first-order chi connectivity index (χ1) is 14.1. The van der Waals surface area contributed by atoms with E-state index in [1.165, 1.54) is 4.90 Å². The van der Waals surface area contributed by atoms with Gasteiger partial charge in [0.25, 0.3) is 11.8 Å². The lowest BCUT2D eigenvalue weighted by Crippen LogP contribution is -2.27. The number of benzene rings is 3. The molecule has 30 heavy (non-hydrogen) atoms. The van der Waals surface area contributed by atoms with E-state index in [0.29, 0.717) is 40.6 Å². The number of nitrogen functional groups attached to an aromatic ring is 2. The Morgan fingerprint density at radius 1 is 0.633 bits per heavy atom. The van der Waals surface area contributed by atoms with E-state index in [2.05, 4.69) is 63.7 Å². The molecule has 3 aromatic carbocycles. The van der Waals surface area contributed by atoms with Crippen LogP contribution in [-0.4, -0.2) is 11.8 Å². The lowest BCUT2D eigenvalue weighted by atomic mass is 10.1. The molecule has 0 saturated heterocycles. The second kappa shape index (κ2) is 9.09. The van der Waals surface area contributed by atoms with Crippen molar-refractivity contribution in [2.45, 2.75) is 0 Å². The van der Waals surface area contributed by atoms with Crippen LogP contribution < -0.4 is 22.1 Å². The Morgan fingerprint density at radius 3 is 1.30 bits per heavy atom. The van der Waals surface area contributed by atoms with Gasteiger partial charge >= 0.3 is 0 Å². The summed E-state index contributed by atoms with van der Waals surface area (Å²) in [7, 11) is 0. The fourth-order valence-corrected chi connectivity index (χ4v) is 5.63. The Bertz CT molecular complexity index is 1070. The zero-order valence-electron chi connectivity index (χ0n) is 15.1. The summed E-state index contributed by atoms with van der Waals surface area (Å²) in [5.41, 5.74) is 20.0. The number of nitrogens with zero attached hydrogens (tertiary/aromatic N) is 1. The molecule has 0 aromatic heterocycles. The van der Waals surface area contributed by atoms with Crippen LogP contribution in [0.2, 0.25) is 0 Å². The minimum atomic E-state index is -0.650. The van der Waals surface area contributed by atoms with Crippen LogP contribution in [0.15, 0.2) is 66.4 Å². The predicted octanol–water partition coefficient (Wildman–Crippen LogP) is 5.98. The van der Waals surface area contributed by atoms with Crippen molar-refractivity contribution in [2.24, 2.45) is 5.73 Å². The lowest BCUT2D eigenvalue weighted by Gasteiger charge is -2.25. The summed E-state index contributed by atoms with van der Waals surface area (Å²) in [5.74, 6) is -1.01. The summed E-state index contributed by atoms with van der Waals surface area (Å²) in [5, 5.41) is 0. The predicted molar refractivity (Wildman–Crippen MR) is 134 cm³/mol. The standard InChI is InChI=1S/C20H14Br4N4O2/c21-15-13(19(27)29)16(22)18(24)14(17(15)23)20(30)28(11-5-1-9(25)2-6-11)12-7-3-10(26)4-8-12/h1-8H,25-26H2,(H2,27,29). The van der Waals surface area contributed by atoms with Crippen molar-refractivity contribution in [3.8, 4) is 0 Å². The van der Waals surface area contributed by atoms with Gasteiger partial charge in [-0.2, -0.15) is 0 Å². The van der Waals surface area contributed by atoms with Crippen LogP contribution >= 0.6 is 63.7 Å². The topological polar surface area (TPSA) is 115 Å². The van der Waals surface area contributed by atoms with Gasteiger partial charge in [-0.05, 0) is 112 Å².